The lowest BCUT2D eigenvalue weighted by Gasteiger charge is -2.20. The van der Waals surface area contributed by atoms with Crippen molar-refractivity contribution < 1.29 is 18.3 Å². The summed E-state index contributed by atoms with van der Waals surface area (Å²) in [6.07, 6.45) is 4.05. The zero-order valence-electron chi connectivity index (χ0n) is 22.6. The van der Waals surface area contributed by atoms with Crippen molar-refractivity contribution >= 4 is 33.5 Å². The second kappa shape index (κ2) is 14.1. The number of hydrogen-bond donors (Lipinski definition) is 3. The van der Waals surface area contributed by atoms with Gasteiger partial charge in [0.1, 0.15) is 5.75 Å². The number of carbonyl (C=O) groups excluding carboxylic acids is 1. The third kappa shape index (κ3) is 9.28. The molecular formula is C30H32ClN5O4S. The summed E-state index contributed by atoms with van der Waals surface area (Å²) in [7, 11) is -3.49. The van der Waals surface area contributed by atoms with Crippen LogP contribution in [0.5, 0.6) is 5.75 Å². The lowest BCUT2D eigenvalue weighted by atomic mass is 10.1. The zero-order chi connectivity index (χ0) is 29.2. The predicted molar refractivity (Wildman–Crippen MR) is 161 cm³/mol. The molecule has 0 spiro atoms. The highest BCUT2D eigenvalue weighted by atomic mass is 35.5. The van der Waals surface area contributed by atoms with Gasteiger partial charge in [-0.05, 0) is 66.4 Å². The van der Waals surface area contributed by atoms with Crippen LogP contribution in [0.1, 0.15) is 27.9 Å². The molecule has 9 nitrogen and oxygen atoms in total. The number of halogens is 1. The molecule has 1 aromatic heterocycles. The number of amides is 1. The monoisotopic (exact) mass is 593 g/mol. The number of benzene rings is 3. The van der Waals surface area contributed by atoms with Gasteiger partial charge in [-0.2, -0.15) is 4.31 Å². The second-order valence-corrected chi connectivity index (χ2v) is 11.9. The van der Waals surface area contributed by atoms with Crippen molar-refractivity contribution in [1.82, 2.24) is 19.6 Å². The first-order valence-electron chi connectivity index (χ1n) is 13.1. The summed E-state index contributed by atoms with van der Waals surface area (Å²) in [5, 5.41) is 15.9. The van der Waals surface area contributed by atoms with Gasteiger partial charge in [0.15, 0.2) is 0 Å². The Hall–Kier alpha value is -3.99. The van der Waals surface area contributed by atoms with E-state index in [1.54, 1.807) is 48.7 Å². The number of phenolic OH excluding ortho intramolecular Hbond substituents is 1. The summed E-state index contributed by atoms with van der Waals surface area (Å²) in [6.45, 7) is 1.39. The second-order valence-electron chi connectivity index (χ2n) is 9.53. The fourth-order valence-corrected chi connectivity index (χ4v) is 5.20. The normalized spacial score (nSPS) is 11.4. The maximum atomic E-state index is 12.5. The number of carbonyl (C=O) groups is 1. The summed E-state index contributed by atoms with van der Waals surface area (Å²) in [5.74, 6) is 0.465. The predicted octanol–water partition coefficient (Wildman–Crippen LogP) is 4.74. The van der Waals surface area contributed by atoms with Gasteiger partial charge >= 0.3 is 0 Å². The number of hydrogen-bond acceptors (Lipinski definition) is 7. The molecule has 0 aliphatic carbocycles. The van der Waals surface area contributed by atoms with Gasteiger partial charge in [0.25, 0.3) is 5.91 Å². The molecule has 0 saturated heterocycles. The van der Waals surface area contributed by atoms with Crippen LogP contribution < -0.4 is 10.6 Å². The average Bonchev–Trinajstić information content (AvgIpc) is 2.95. The van der Waals surface area contributed by atoms with Gasteiger partial charge in [-0.1, -0.05) is 48.0 Å². The molecule has 0 aliphatic rings. The van der Waals surface area contributed by atoms with E-state index in [1.807, 2.05) is 36.4 Å². The summed E-state index contributed by atoms with van der Waals surface area (Å²) in [4.78, 5) is 21.3. The SMILES string of the molecule is CS(=O)(=O)N(CCCNC(=O)c1cccc(Cl)c1)Cc1cccc(-c2ccnc(NCCc3ccc(O)cc3)n2)c1. The largest absolute Gasteiger partial charge is 0.508 e. The third-order valence-electron chi connectivity index (χ3n) is 6.30. The first-order valence-corrected chi connectivity index (χ1v) is 15.3. The van der Waals surface area contributed by atoms with Crippen molar-refractivity contribution in [2.24, 2.45) is 0 Å². The molecule has 0 saturated carbocycles. The summed E-state index contributed by atoms with van der Waals surface area (Å²) < 4.78 is 26.4. The maximum absolute atomic E-state index is 12.5. The third-order valence-corrected chi connectivity index (χ3v) is 7.78. The van der Waals surface area contributed by atoms with E-state index in [9.17, 15) is 18.3 Å². The van der Waals surface area contributed by atoms with Crippen LogP contribution in [0.25, 0.3) is 11.3 Å². The number of anilines is 1. The smallest absolute Gasteiger partial charge is 0.251 e. The molecular weight excluding hydrogens is 562 g/mol. The minimum absolute atomic E-state index is 0.192. The number of rotatable bonds is 13. The zero-order valence-corrected chi connectivity index (χ0v) is 24.2. The first kappa shape index (κ1) is 30.0. The van der Waals surface area contributed by atoms with E-state index in [0.717, 1.165) is 23.1 Å². The molecule has 4 aromatic rings. The quantitative estimate of drug-likeness (QED) is 0.191. The van der Waals surface area contributed by atoms with Gasteiger partial charge in [0, 0.05) is 48.5 Å². The van der Waals surface area contributed by atoms with Gasteiger partial charge in [0.2, 0.25) is 16.0 Å². The van der Waals surface area contributed by atoms with E-state index >= 15 is 0 Å². The summed E-state index contributed by atoms with van der Waals surface area (Å²) in [6, 6.07) is 23.1. The minimum atomic E-state index is -3.49. The van der Waals surface area contributed by atoms with Crippen LogP contribution in [0, 0.1) is 0 Å². The Balaban J connectivity index is 1.34. The molecule has 41 heavy (non-hydrogen) atoms. The molecule has 3 N–H and O–H groups in total. The molecule has 0 aliphatic heterocycles. The highest BCUT2D eigenvalue weighted by Crippen LogP contribution is 2.21. The van der Waals surface area contributed by atoms with Crippen molar-refractivity contribution in [2.75, 3.05) is 31.2 Å². The molecule has 3 aromatic carbocycles. The number of nitrogens with zero attached hydrogens (tertiary/aromatic N) is 3. The van der Waals surface area contributed by atoms with E-state index in [1.165, 1.54) is 10.6 Å². The van der Waals surface area contributed by atoms with Crippen molar-refractivity contribution in [3.8, 4) is 17.0 Å². The molecule has 0 radical (unpaired) electrons. The van der Waals surface area contributed by atoms with E-state index < -0.39 is 10.0 Å². The van der Waals surface area contributed by atoms with Gasteiger partial charge in [0.05, 0.1) is 11.9 Å². The molecule has 0 unspecified atom stereocenters. The Morgan fingerprint density at radius 3 is 2.51 bits per heavy atom. The van der Waals surface area contributed by atoms with Crippen molar-refractivity contribution in [3.05, 3.63) is 107 Å². The average molecular weight is 594 g/mol. The van der Waals surface area contributed by atoms with Gasteiger partial charge < -0.3 is 15.7 Å². The van der Waals surface area contributed by atoms with Crippen LogP contribution in [-0.4, -0.2) is 59.6 Å². The van der Waals surface area contributed by atoms with Crippen LogP contribution in [0.15, 0.2) is 85.1 Å². The molecule has 0 atom stereocenters. The first-order chi connectivity index (χ1) is 19.7. The molecule has 0 fully saturated rings. The number of aromatic hydroxyl groups is 1. The fourth-order valence-electron chi connectivity index (χ4n) is 4.17. The number of nitrogens with one attached hydrogen (secondary N) is 2. The highest BCUT2D eigenvalue weighted by molar-refractivity contribution is 7.88. The number of sulfonamides is 1. The summed E-state index contributed by atoms with van der Waals surface area (Å²) in [5.41, 5.74) is 3.90. The Kier molecular flexibility index (Phi) is 10.3. The lowest BCUT2D eigenvalue weighted by molar-refractivity contribution is 0.0952. The Morgan fingerprint density at radius 1 is 0.976 bits per heavy atom. The Morgan fingerprint density at radius 2 is 1.76 bits per heavy atom. The van der Waals surface area contributed by atoms with Gasteiger partial charge in [-0.3, -0.25) is 4.79 Å². The topological polar surface area (TPSA) is 125 Å². The highest BCUT2D eigenvalue weighted by Gasteiger charge is 2.17. The van der Waals surface area contributed by atoms with E-state index in [-0.39, 0.29) is 24.7 Å². The van der Waals surface area contributed by atoms with E-state index in [4.69, 9.17) is 11.6 Å². The maximum Gasteiger partial charge on any atom is 0.251 e. The van der Waals surface area contributed by atoms with Crippen LogP contribution in [-0.2, 0) is 23.0 Å². The van der Waals surface area contributed by atoms with Crippen LogP contribution in [0.3, 0.4) is 0 Å². The van der Waals surface area contributed by atoms with Gasteiger partial charge in [-0.15, -0.1) is 0 Å². The lowest BCUT2D eigenvalue weighted by Crippen LogP contribution is -2.33. The summed E-state index contributed by atoms with van der Waals surface area (Å²) >= 11 is 5.95. The minimum Gasteiger partial charge on any atom is -0.508 e. The number of aromatic nitrogens is 2. The molecule has 214 valence electrons. The fraction of sp³-hybridized carbons (Fsp3) is 0.233. The Bertz CT molecular complexity index is 1580. The number of phenols is 1. The molecule has 11 heteroatoms. The van der Waals surface area contributed by atoms with E-state index in [2.05, 4.69) is 20.6 Å². The van der Waals surface area contributed by atoms with Crippen molar-refractivity contribution in [1.29, 1.82) is 0 Å². The molecule has 0 bridgehead atoms. The molecule has 4 rings (SSSR count). The van der Waals surface area contributed by atoms with Crippen molar-refractivity contribution in [2.45, 2.75) is 19.4 Å². The molecule has 1 heterocycles. The van der Waals surface area contributed by atoms with Crippen LogP contribution in [0.2, 0.25) is 5.02 Å². The van der Waals surface area contributed by atoms with Crippen LogP contribution >= 0.6 is 11.6 Å². The van der Waals surface area contributed by atoms with Crippen molar-refractivity contribution in [3.63, 3.8) is 0 Å². The van der Waals surface area contributed by atoms with Crippen LogP contribution in [0.4, 0.5) is 5.95 Å². The standard InChI is InChI=1S/C30H32ClN5O4S/c1-41(39,40)36(18-4-15-32-29(38)25-7-3-8-26(31)20-25)21-23-5-2-6-24(19-23)28-14-17-34-30(35-28)33-16-13-22-9-11-27(37)12-10-22/h2-3,5-12,14,17,19-20,37H,4,13,15-16,18,21H2,1H3,(H,32,38)(H,33,34,35). The van der Waals surface area contributed by atoms with E-state index in [0.29, 0.717) is 41.7 Å². The Labute approximate surface area is 245 Å². The van der Waals surface area contributed by atoms with Gasteiger partial charge in [-0.25, -0.2) is 18.4 Å². The molecule has 1 amide bonds.